The largest absolute Gasteiger partial charge is 0.367 e. The highest BCUT2D eigenvalue weighted by atomic mass is 16.5. The number of anilines is 1. The van der Waals surface area contributed by atoms with Crippen LogP contribution in [0.25, 0.3) is 0 Å². The Bertz CT molecular complexity index is 644. The lowest BCUT2D eigenvalue weighted by Gasteiger charge is -2.41. The molecule has 0 N–H and O–H groups in total. The minimum atomic E-state index is -0.301. The fraction of sp³-hybridized carbons (Fsp3) is 0.444. The lowest BCUT2D eigenvalue weighted by molar-refractivity contribution is -0.0468. The van der Waals surface area contributed by atoms with E-state index in [0.29, 0.717) is 6.61 Å². The number of hydrogen-bond donors (Lipinski definition) is 0. The maximum absolute atomic E-state index is 6.10. The summed E-state index contributed by atoms with van der Waals surface area (Å²) in [5.74, 6) is 1.84. The first-order chi connectivity index (χ1) is 10.6. The molecule has 0 radical (unpaired) electrons. The Morgan fingerprint density at radius 2 is 2.00 bits per heavy atom. The van der Waals surface area contributed by atoms with E-state index in [2.05, 4.69) is 59.0 Å². The average Bonchev–Trinajstić information content (AvgIpc) is 2.55. The molecule has 0 spiro atoms. The number of rotatable bonds is 3. The van der Waals surface area contributed by atoms with Crippen LogP contribution in [0.4, 0.5) is 5.82 Å². The van der Waals surface area contributed by atoms with E-state index in [9.17, 15) is 0 Å². The molecule has 0 bridgehead atoms. The van der Waals surface area contributed by atoms with E-state index in [0.717, 1.165) is 36.8 Å². The Morgan fingerprint density at radius 1 is 1.23 bits per heavy atom. The van der Waals surface area contributed by atoms with Crippen molar-refractivity contribution in [3.63, 3.8) is 0 Å². The molecule has 1 aromatic carbocycles. The molecule has 0 saturated carbocycles. The predicted molar refractivity (Wildman–Crippen MR) is 88.1 cm³/mol. The SMILES string of the molecule is CCc1cc(N2CCOC(C)(c3ccccc3)C2)nc(C)n1. The summed E-state index contributed by atoms with van der Waals surface area (Å²) in [6.07, 6.45) is 0.927. The molecule has 0 aliphatic carbocycles. The number of ether oxygens (including phenoxy) is 1. The van der Waals surface area contributed by atoms with Crippen molar-refractivity contribution in [1.29, 1.82) is 0 Å². The molecule has 4 heteroatoms. The Morgan fingerprint density at radius 3 is 2.73 bits per heavy atom. The topological polar surface area (TPSA) is 38.2 Å². The number of aromatic nitrogens is 2. The summed E-state index contributed by atoms with van der Waals surface area (Å²) < 4.78 is 6.10. The van der Waals surface area contributed by atoms with Gasteiger partial charge < -0.3 is 9.64 Å². The van der Waals surface area contributed by atoms with Gasteiger partial charge in [-0.15, -0.1) is 0 Å². The third kappa shape index (κ3) is 2.97. The standard InChI is InChI=1S/C18H23N3O/c1-4-16-12-17(20-14(2)19-16)21-10-11-22-18(3,13-21)15-8-6-5-7-9-15/h5-9,12H,4,10-11,13H2,1-3H3. The quantitative estimate of drug-likeness (QED) is 0.872. The van der Waals surface area contributed by atoms with Gasteiger partial charge in [-0.1, -0.05) is 37.3 Å². The zero-order valence-corrected chi connectivity index (χ0v) is 13.5. The van der Waals surface area contributed by atoms with Gasteiger partial charge in [-0.25, -0.2) is 9.97 Å². The van der Waals surface area contributed by atoms with Crippen molar-refractivity contribution in [2.75, 3.05) is 24.6 Å². The van der Waals surface area contributed by atoms with Crippen molar-refractivity contribution in [3.05, 3.63) is 53.5 Å². The second-order valence-electron chi connectivity index (χ2n) is 5.99. The van der Waals surface area contributed by atoms with Gasteiger partial charge in [0.15, 0.2) is 0 Å². The highest BCUT2D eigenvalue weighted by Gasteiger charge is 2.34. The summed E-state index contributed by atoms with van der Waals surface area (Å²) in [6.45, 7) is 8.61. The van der Waals surface area contributed by atoms with Gasteiger partial charge in [0, 0.05) is 18.3 Å². The lowest BCUT2D eigenvalue weighted by Crippen LogP contribution is -2.48. The molecule has 4 nitrogen and oxygen atoms in total. The first kappa shape index (κ1) is 15.0. The Balaban J connectivity index is 1.89. The van der Waals surface area contributed by atoms with Gasteiger partial charge >= 0.3 is 0 Å². The molecule has 1 saturated heterocycles. The lowest BCUT2D eigenvalue weighted by atomic mass is 9.94. The summed E-state index contributed by atoms with van der Waals surface area (Å²) in [5.41, 5.74) is 2.00. The summed E-state index contributed by atoms with van der Waals surface area (Å²) >= 11 is 0. The van der Waals surface area contributed by atoms with Crippen molar-refractivity contribution in [3.8, 4) is 0 Å². The van der Waals surface area contributed by atoms with Crippen LogP contribution in [0.3, 0.4) is 0 Å². The Hall–Kier alpha value is -1.94. The third-order valence-corrected chi connectivity index (χ3v) is 4.22. The van der Waals surface area contributed by atoms with Crippen LogP contribution in [0, 0.1) is 6.92 Å². The molecule has 22 heavy (non-hydrogen) atoms. The van der Waals surface area contributed by atoms with Crippen molar-refractivity contribution < 1.29 is 4.74 Å². The van der Waals surface area contributed by atoms with Gasteiger partial charge in [-0.05, 0) is 25.8 Å². The van der Waals surface area contributed by atoms with Gasteiger partial charge in [0.1, 0.15) is 17.2 Å². The maximum atomic E-state index is 6.10. The van der Waals surface area contributed by atoms with Crippen LogP contribution in [0.15, 0.2) is 36.4 Å². The minimum absolute atomic E-state index is 0.301. The van der Waals surface area contributed by atoms with E-state index in [4.69, 9.17) is 4.74 Å². The van der Waals surface area contributed by atoms with E-state index in [1.807, 2.05) is 13.0 Å². The van der Waals surface area contributed by atoms with Crippen LogP contribution in [0.1, 0.15) is 30.9 Å². The molecule has 3 rings (SSSR count). The summed E-state index contributed by atoms with van der Waals surface area (Å²) in [6, 6.07) is 12.5. The molecule has 1 aliphatic heterocycles. The highest BCUT2D eigenvalue weighted by molar-refractivity contribution is 5.42. The molecule has 116 valence electrons. The van der Waals surface area contributed by atoms with Gasteiger partial charge in [-0.2, -0.15) is 0 Å². The van der Waals surface area contributed by atoms with Crippen LogP contribution < -0.4 is 4.90 Å². The van der Waals surface area contributed by atoms with Crippen LogP contribution in [-0.4, -0.2) is 29.7 Å². The number of hydrogen-bond acceptors (Lipinski definition) is 4. The minimum Gasteiger partial charge on any atom is -0.367 e. The Kier molecular flexibility index (Phi) is 4.12. The van der Waals surface area contributed by atoms with Gasteiger partial charge in [0.2, 0.25) is 0 Å². The first-order valence-corrected chi connectivity index (χ1v) is 7.90. The van der Waals surface area contributed by atoms with E-state index in [1.165, 1.54) is 5.56 Å². The fourth-order valence-electron chi connectivity index (χ4n) is 2.99. The zero-order valence-electron chi connectivity index (χ0n) is 13.5. The van der Waals surface area contributed by atoms with Gasteiger partial charge in [0.25, 0.3) is 0 Å². The molecule has 1 aliphatic rings. The second-order valence-corrected chi connectivity index (χ2v) is 5.99. The van der Waals surface area contributed by atoms with E-state index < -0.39 is 0 Å². The normalized spacial score (nSPS) is 21.9. The van der Waals surface area contributed by atoms with E-state index in [-0.39, 0.29) is 5.60 Å². The molecule has 0 amide bonds. The number of nitrogens with zero attached hydrogens (tertiary/aromatic N) is 3. The van der Waals surface area contributed by atoms with Gasteiger partial charge in [-0.3, -0.25) is 0 Å². The van der Waals surface area contributed by atoms with E-state index >= 15 is 0 Å². The number of aryl methyl sites for hydroxylation is 2. The molecule has 1 atom stereocenters. The summed E-state index contributed by atoms with van der Waals surface area (Å²) in [7, 11) is 0. The third-order valence-electron chi connectivity index (χ3n) is 4.22. The molecule has 1 fully saturated rings. The Labute approximate surface area is 132 Å². The molecular weight excluding hydrogens is 274 g/mol. The van der Waals surface area contributed by atoms with Crippen molar-refractivity contribution in [1.82, 2.24) is 9.97 Å². The van der Waals surface area contributed by atoms with Crippen LogP contribution in [0.2, 0.25) is 0 Å². The van der Waals surface area contributed by atoms with Crippen molar-refractivity contribution in [2.45, 2.75) is 32.8 Å². The number of morpholine rings is 1. The molecular formula is C18H23N3O. The van der Waals surface area contributed by atoms with Crippen LogP contribution in [0.5, 0.6) is 0 Å². The highest BCUT2D eigenvalue weighted by Crippen LogP contribution is 2.31. The molecule has 1 aromatic heterocycles. The van der Waals surface area contributed by atoms with Crippen LogP contribution >= 0.6 is 0 Å². The molecule has 1 unspecified atom stereocenters. The molecule has 2 heterocycles. The van der Waals surface area contributed by atoms with Crippen LogP contribution in [-0.2, 0) is 16.8 Å². The van der Waals surface area contributed by atoms with Crippen molar-refractivity contribution >= 4 is 5.82 Å². The first-order valence-electron chi connectivity index (χ1n) is 7.90. The summed E-state index contributed by atoms with van der Waals surface area (Å²) in [4.78, 5) is 11.4. The average molecular weight is 297 g/mol. The zero-order chi connectivity index (χ0) is 15.6. The smallest absolute Gasteiger partial charge is 0.132 e. The second kappa shape index (κ2) is 6.05. The number of benzene rings is 1. The monoisotopic (exact) mass is 297 g/mol. The summed E-state index contributed by atoms with van der Waals surface area (Å²) in [5, 5.41) is 0. The maximum Gasteiger partial charge on any atom is 0.132 e. The predicted octanol–water partition coefficient (Wildman–Crippen LogP) is 3.10. The van der Waals surface area contributed by atoms with E-state index in [1.54, 1.807) is 0 Å². The van der Waals surface area contributed by atoms with Crippen molar-refractivity contribution in [2.24, 2.45) is 0 Å². The molecule has 2 aromatic rings. The van der Waals surface area contributed by atoms with Gasteiger partial charge in [0.05, 0.1) is 13.2 Å². The fourth-order valence-corrected chi connectivity index (χ4v) is 2.99.